The molecule has 2 fully saturated rings. The molecule has 1 amide bonds. The third-order valence-corrected chi connectivity index (χ3v) is 6.69. The van der Waals surface area contributed by atoms with Crippen molar-refractivity contribution in [2.75, 3.05) is 39.9 Å². The highest BCUT2D eigenvalue weighted by molar-refractivity contribution is 5.94. The third-order valence-electron chi connectivity index (χ3n) is 6.69. The number of ether oxygens (including phenoxy) is 2. The SMILES string of the molecule is COc1ccc(CCCOc2ccc(C(=O)N3CCCC3CN3CCCC3)cc2)cc1.O=C(O)C(F)(F)F. The van der Waals surface area contributed by atoms with Crippen LogP contribution in [0.5, 0.6) is 11.5 Å². The highest BCUT2D eigenvalue weighted by atomic mass is 19.4. The largest absolute Gasteiger partial charge is 0.497 e. The Bertz CT molecular complexity index is 1020. The Morgan fingerprint density at radius 3 is 2.13 bits per heavy atom. The Balaban J connectivity index is 0.000000505. The van der Waals surface area contributed by atoms with Gasteiger partial charge in [-0.1, -0.05) is 12.1 Å². The Labute approximate surface area is 221 Å². The van der Waals surface area contributed by atoms with E-state index in [4.69, 9.17) is 19.4 Å². The van der Waals surface area contributed by atoms with Crippen LogP contribution >= 0.6 is 0 Å². The molecule has 10 heteroatoms. The van der Waals surface area contributed by atoms with Crippen molar-refractivity contribution < 1.29 is 37.3 Å². The first-order chi connectivity index (χ1) is 18.2. The number of carbonyl (C=O) groups excluding carboxylic acids is 1. The number of halogens is 3. The van der Waals surface area contributed by atoms with Crippen molar-refractivity contribution in [2.24, 2.45) is 0 Å². The van der Waals surface area contributed by atoms with Crippen molar-refractivity contribution in [1.29, 1.82) is 0 Å². The van der Waals surface area contributed by atoms with E-state index in [-0.39, 0.29) is 5.91 Å². The van der Waals surface area contributed by atoms with Gasteiger partial charge in [-0.05, 0) is 93.6 Å². The number of nitrogens with zero attached hydrogens (tertiary/aromatic N) is 2. The summed E-state index contributed by atoms with van der Waals surface area (Å²) < 4.78 is 42.8. The van der Waals surface area contributed by atoms with E-state index in [0.717, 1.165) is 55.8 Å². The lowest BCUT2D eigenvalue weighted by molar-refractivity contribution is -0.192. The molecule has 2 aliphatic heterocycles. The number of aliphatic carboxylic acids is 1. The van der Waals surface area contributed by atoms with Gasteiger partial charge in [0.15, 0.2) is 0 Å². The van der Waals surface area contributed by atoms with Gasteiger partial charge in [0, 0.05) is 24.7 Å². The van der Waals surface area contributed by atoms with E-state index >= 15 is 0 Å². The van der Waals surface area contributed by atoms with Gasteiger partial charge in [0.1, 0.15) is 11.5 Å². The molecule has 208 valence electrons. The molecule has 1 N–H and O–H groups in total. The second-order valence-corrected chi connectivity index (χ2v) is 9.43. The summed E-state index contributed by atoms with van der Waals surface area (Å²) in [6.07, 6.45) is 1.65. The molecule has 4 rings (SSSR count). The van der Waals surface area contributed by atoms with Gasteiger partial charge in [-0.3, -0.25) is 4.79 Å². The van der Waals surface area contributed by atoms with E-state index in [1.807, 2.05) is 36.4 Å². The Kier molecular flexibility index (Phi) is 10.8. The minimum absolute atomic E-state index is 0.160. The van der Waals surface area contributed by atoms with Gasteiger partial charge in [0.05, 0.1) is 13.7 Å². The molecule has 38 heavy (non-hydrogen) atoms. The zero-order chi connectivity index (χ0) is 27.5. The molecular weight excluding hydrogens is 501 g/mol. The number of methoxy groups -OCH3 is 1. The average molecular weight is 537 g/mol. The molecule has 1 unspecified atom stereocenters. The van der Waals surface area contributed by atoms with Gasteiger partial charge in [0.2, 0.25) is 0 Å². The van der Waals surface area contributed by atoms with Crippen LogP contribution < -0.4 is 9.47 Å². The lowest BCUT2D eigenvalue weighted by atomic mass is 10.1. The Morgan fingerprint density at radius 1 is 0.947 bits per heavy atom. The van der Waals surface area contributed by atoms with Crippen molar-refractivity contribution in [3.8, 4) is 11.5 Å². The molecule has 0 aliphatic carbocycles. The van der Waals surface area contributed by atoms with Crippen LogP contribution in [0.4, 0.5) is 13.2 Å². The van der Waals surface area contributed by atoms with Crippen LogP contribution in [-0.2, 0) is 11.2 Å². The number of likely N-dealkylation sites (tertiary alicyclic amines) is 2. The number of hydrogen-bond donors (Lipinski definition) is 1. The lowest BCUT2D eigenvalue weighted by Crippen LogP contribution is -2.42. The van der Waals surface area contributed by atoms with Crippen molar-refractivity contribution in [3.63, 3.8) is 0 Å². The summed E-state index contributed by atoms with van der Waals surface area (Å²) in [7, 11) is 1.68. The summed E-state index contributed by atoms with van der Waals surface area (Å²) in [5, 5.41) is 7.12. The number of alkyl halides is 3. The summed E-state index contributed by atoms with van der Waals surface area (Å²) in [6, 6.07) is 16.2. The summed E-state index contributed by atoms with van der Waals surface area (Å²) in [5.41, 5.74) is 2.04. The second kappa shape index (κ2) is 14.0. The maximum Gasteiger partial charge on any atom is 0.490 e. The van der Waals surface area contributed by atoms with E-state index in [2.05, 4.69) is 21.9 Å². The number of benzene rings is 2. The van der Waals surface area contributed by atoms with Crippen LogP contribution in [-0.4, -0.2) is 78.9 Å². The zero-order valence-electron chi connectivity index (χ0n) is 21.6. The van der Waals surface area contributed by atoms with E-state index in [9.17, 15) is 18.0 Å². The van der Waals surface area contributed by atoms with Crippen LogP contribution in [0, 0.1) is 0 Å². The predicted octanol–water partition coefficient (Wildman–Crippen LogP) is 5.04. The van der Waals surface area contributed by atoms with Crippen molar-refractivity contribution in [2.45, 2.75) is 50.7 Å². The summed E-state index contributed by atoms with van der Waals surface area (Å²) in [5.74, 6) is -0.896. The fourth-order valence-corrected chi connectivity index (χ4v) is 4.67. The molecule has 2 aromatic carbocycles. The summed E-state index contributed by atoms with van der Waals surface area (Å²) in [4.78, 5) is 26.6. The van der Waals surface area contributed by atoms with E-state index < -0.39 is 12.1 Å². The molecule has 2 aromatic rings. The van der Waals surface area contributed by atoms with Crippen LogP contribution in [0.25, 0.3) is 0 Å². The zero-order valence-corrected chi connectivity index (χ0v) is 21.6. The van der Waals surface area contributed by atoms with Gasteiger partial charge in [-0.15, -0.1) is 0 Å². The maximum absolute atomic E-state index is 13.1. The first kappa shape index (κ1) is 29.3. The molecule has 2 saturated heterocycles. The van der Waals surface area contributed by atoms with Crippen LogP contribution in [0.2, 0.25) is 0 Å². The standard InChI is InChI=1S/C26H34N2O3.C2HF3O2/c1-30-24-12-8-21(9-13-24)6-5-19-31-25-14-10-22(11-15-25)26(29)28-18-4-7-23(28)20-27-16-2-3-17-27;3-2(4,5)1(6)7/h8-15,23H,2-7,16-20H2,1H3;(H,6,7). The quantitative estimate of drug-likeness (QED) is 0.453. The Morgan fingerprint density at radius 2 is 1.55 bits per heavy atom. The van der Waals surface area contributed by atoms with E-state index in [1.165, 1.54) is 31.5 Å². The summed E-state index contributed by atoms with van der Waals surface area (Å²) in [6.45, 7) is 4.93. The average Bonchev–Trinajstić information content (AvgIpc) is 3.59. The molecule has 2 heterocycles. The molecular formula is C28H35F3N2O5. The molecule has 2 aliphatic rings. The van der Waals surface area contributed by atoms with Crippen LogP contribution in [0.15, 0.2) is 48.5 Å². The molecule has 0 radical (unpaired) electrons. The molecule has 0 saturated carbocycles. The highest BCUT2D eigenvalue weighted by Crippen LogP contribution is 2.24. The van der Waals surface area contributed by atoms with Gasteiger partial charge in [-0.25, -0.2) is 4.79 Å². The number of carbonyl (C=O) groups is 2. The molecule has 0 bridgehead atoms. The molecule has 7 nitrogen and oxygen atoms in total. The van der Waals surface area contributed by atoms with Gasteiger partial charge >= 0.3 is 12.1 Å². The topological polar surface area (TPSA) is 79.3 Å². The normalized spacial score (nSPS) is 17.6. The minimum atomic E-state index is -5.08. The first-order valence-corrected chi connectivity index (χ1v) is 12.9. The first-order valence-electron chi connectivity index (χ1n) is 12.9. The smallest absolute Gasteiger partial charge is 0.490 e. The summed E-state index contributed by atoms with van der Waals surface area (Å²) >= 11 is 0. The highest BCUT2D eigenvalue weighted by Gasteiger charge is 2.38. The fourth-order valence-electron chi connectivity index (χ4n) is 4.67. The number of rotatable bonds is 9. The number of carboxylic acid groups (broad SMARTS) is 1. The van der Waals surface area contributed by atoms with E-state index in [0.29, 0.717) is 12.6 Å². The molecule has 0 aromatic heterocycles. The van der Waals surface area contributed by atoms with Gasteiger partial charge in [-0.2, -0.15) is 13.2 Å². The predicted molar refractivity (Wildman–Crippen MR) is 137 cm³/mol. The van der Waals surface area contributed by atoms with Crippen LogP contribution in [0.1, 0.15) is 48.0 Å². The number of carboxylic acids is 1. The molecule has 0 spiro atoms. The third kappa shape index (κ3) is 8.93. The van der Waals surface area contributed by atoms with Gasteiger partial charge < -0.3 is 24.4 Å². The van der Waals surface area contributed by atoms with Gasteiger partial charge in [0.25, 0.3) is 5.91 Å². The second-order valence-electron chi connectivity index (χ2n) is 9.43. The Hall–Kier alpha value is -3.27. The van der Waals surface area contributed by atoms with Crippen molar-refractivity contribution in [1.82, 2.24) is 9.80 Å². The number of aryl methyl sites for hydroxylation is 1. The van der Waals surface area contributed by atoms with Crippen LogP contribution in [0.3, 0.4) is 0 Å². The van der Waals surface area contributed by atoms with E-state index in [1.54, 1.807) is 7.11 Å². The number of amides is 1. The molecule has 1 atom stereocenters. The monoisotopic (exact) mass is 536 g/mol. The number of hydrogen-bond acceptors (Lipinski definition) is 5. The van der Waals surface area contributed by atoms with Crippen molar-refractivity contribution in [3.05, 3.63) is 59.7 Å². The fraction of sp³-hybridized carbons (Fsp3) is 0.500. The minimum Gasteiger partial charge on any atom is -0.497 e. The van der Waals surface area contributed by atoms with Crippen molar-refractivity contribution >= 4 is 11.9 Å². The lowest BCUT2D eigenvalue weighted by Gasteiger charge is -2.28. The maximum atomic E-state index is 13.1.